The summed E-state index contributed by atoms with van der Waals surface area (Å²) in [5.41, 5.74) is 16.6. The lowest BCUT2D eigenvalue weighted by atomic mass is 10.0. The average Bonchev–Trinajstić information content (AvgIpc) is 3.37. The molecule has 13 atom stereocenters. The minimum atomic E-state index is -1.99. The highest BCUT2D eigenvalue weighted by atomic mass is 16.4. The molecule has 0 aliphatic heterocycles. The molecule has 22 N–H and O–H groups in total. The number of aliphatic hydroxyl groups excluding tert-OH is 5. The summed E-state index contributed by atoms with van der Waals surface area (Å²) >= 11 is 0. The Labute approximate surface area is 449 Å². The zero-order valence-corrected chi connectivity index (χ0v) is 44.1. The highest BCUT2D eigenvalue weighted by Gasteiger charge is 2.39. The maximum Gasteiger partial charge on any atom is 0.325 e. The number of nitrogens with two attached hydrogens (primary N) is 3. The number of nitrogens with one attached hydrogen (secondary N) is 10. The number of amides is 11. The molecule has 0 aliphatic carbocycles. The fourth-order valence-electron chi connectivity index (χ4n) is 7.06. The van der Waals surface area contributed by atoms with E-state index in [2.05, 4.69) is 53.2 Å². The first-order valence-corrected chi connectivity index (χ1v) is 24.8. The van der Waals surface area contributed by atoms with Crippen molar-refractivity contribution in [2.24, 2.45) is 23.1 Å². The number of primary amides is 1. The van der Waals surface area contributed by atoms with E-state index in [1.165, 1.54) is 20.8 Å². The molecule has 1 rings (SSSR count). The van der Waals surface area contributed by atoms with Crippen molar-refractivity contribution in [2.45, 2.75) is 152 Å². The zero-order chi connectivity index (χ0) is 59.6. The third-order valence-electron chi connectivity index (χ3n) is 11.5. The number of carbonyl (C=O) groups is 12. The summed E-state index contributed by atoms with van der Waals surface area (Å²) in [6.07, 6.45) is -5.60. The molecule has 0 unspecified atom stereocenters. The first kappa shape index (κ1) is 68.6. The van der Waals surface area contributed by atoms with Crippen LogP contribution in [0, 0.1) is 5.92 Å². The summed E-state index contributed by atoms with van der Waals surface area (Å²) in [6, 6.07) is -9.02. The van der Waals surface area contributed by atoms with Gasteiger partial charge in [-0.1, -0.05) is 44.2 Å². The van der Waals surface area contributed by atoms with Crippen molar-refractivity contribution in [1.29, 1.82) is 0 Å². The molecule has 78 heavy (non-hydrogen) atoms. The summed E-state index contributed by atoms with van der Waals surface area (Å²) in [5, 5.41) is 83.5. The molecule has 1 aromatic rings. The van der Waals surface area contributed by atoms with Gasteiger partial charge in [-0.05, 0) is 65.0 Å². The number of carbonyl (C=O) groups excluding carboxylic acids is 11. The van der Waals surface area contributed by atoms with Gasteiger partial charge in [0.15, 0.2) is 0 Å². The van der Waals surface area contributed by atoms with Crippen molar-refractivity contribution >= 4 is 70.9 Å². The van der Waals surface area contributed by atoms with Crippen LogP contribution < -0.4 is 70.4 Å². The number of aliphatic hydroxyl groups is 5. The number of benzene rings is 1. The number of aliphatic carboxylic acids is 1. The number of carboxylic acids is 1. The molecule has 0 saturated carbocycles. The molecule has 0 fully saturated rings. The molecular formula is C47H77N13O18. The summed E-state index contributed by atoms with van der Waals surface area (Å²) in [6.45, 7) is 4.95. The van der Waals surface area contributed by atoms with Crippen molar-refractivity contribution in [2.75, 3.05) is 26.3 Å². The molecule has 0 spiro atoms. The second kappa shape index (κ2) is 34.4. The first-order chi connectivity index (χ1) is 36.5. The van der Waals surface area contributed by atoms with Gasteiger partial charge in [0, 0.05) is 6.42 Å². The molecule has 11 amide bonds. The SMILES string of the molecule is CC(C)[C@H](NC(=O)[C@@H](NC(=O)[C@H](NC(=O)[C@H](CO)NC(=O)[C@@H](NC(=O)[C@H](Cc1ccccc1)NC(=O)[C@H](CC(N)=O)NC(=O)[C@H](CO)NC(=O)CN)[C@@H](C)O)[C@@H](C)O)[C@@H](C)O)C(=O)N[C@@H](CCCCN)C(=O)N[C@@H](C)C(=O)O. The van der Waals surface area contributed by atoms with E-state index >= 15 is 0 Å². The summed E-state index contributed by atoms with van der Waals surface area (Å²) in [7, 11) is 0. The van der Waals surface area contributed by atoms with E-state index in [9.17, 15) is 88.2 Å². The third kappa shape index (κ3) is 23.4. The van der Waals surface area contributed by atoms with Crippen molar-refractivity contribution < 1.29 is 88.2 Å². The van der Waals surface area contributed by atoms with Gasteiger partial charge < -0.3 is 101 Å². The summed E-state index contributed by atoms with van der Waals surface area (Å²) in [5.74, 6) is -14.3. The van der Waals surface area contributed by atoms with Crippen LogP contribution in [-0.4, -0.2) is 207 Å². The highest BCUT2D eigenvalue weighted by Crippen LogP contribution is 2.10. The maximum atomic E-state index is 13.9. The van der Waals surface area contributed by atoms with Crippen LogP contribution in [0.25, 0.3) is 0 Å². The smallest absolute Gasteiger partial charge is 0.325 e. The molecule has 438 valence electrons. The fourth-order valence-corrected chi connectivity index (χ4v) is 7.06. The standard InChI is InChI=1S/C47H77N13O18/c1-21(2)34(43(73)53-27(14-10-11-15-48)38(68)51-22(3)47(77)78)57-45(75)37(25(6)65)60-46(76)36(24(5)64)59-42(72)31(20-62)56-44(74)35(23(4)63)58-40(70)28(16-26-12-8-7-9-13-26)54-39(69)29(17-32(50)66)55-41(71)30(19-61)52-33(67)18-49/h7-9,12-13,21-25,27-31,34-37,61-65H,10-11,14-20,48-49H2,1-6H3,(H2,50,66)(H,51,68)(H,52,67)(H,53,73)(H,54,69)(H,55,71)(H,56,74)(H,57,75)(H,58,70)(H,59,72)(H,60,76)(H,77,78)/t22-,23+,24+,25+,27-,28-,29-,30-,31-,34-,35-,36+,37-/m0/s1. The zero-order valence-electron chi connectivity index (χ0n) is 44.1. The predicted molar refractivity (Wildman–Crippen MR) is 273 cm³/mol. The minimum Gasteiger partial charge on any atom is -0.480 e. The molecule has 0 saturated heterocycles. The highest BCUT2D eigenvalue weighted by molar-refractivity contribution is 6.00. The Morgan fingerprint density at radius 3 is 1.31 bits per heavy atom. The van der Waals surface area contributed by atoms with Gasteiger partial charge in [0.2, 0.25) is 65.0 Å². The molecule has 0 aromatic heterocycles. The normalized spacial score (nSPS) is 16.1. The summed E-state index contributed by atoms with van der Waals surface area (Å²) in [4.78, 5) is 157. The van der Waals surface area contributed by atoms with E-state index in [-0.39, 0.29) is 19.4 Å². The van der Waals surface area contributed by atoms with Crippen molar-refractivity contribution in [1.82, 2.24) is 53.2 Å². The van der Waals surface area contributed by atoms with Gasteiger partial charge in [0.05, 0.1) is 44.5 Å². The molecule has 0 heterocycles. The monoisotopic (exact) mass is 1110 g/mol. The van der Waals surface area contributed by atoms with E-state index in [1.807, 2.05) is 0 Å². The second-order valence-corrected chi connectivity index (χ2v) is 18.6. The number of rotatable bonds is 35. The Balaban J connectivity index is 3.36. The number of hydrogen-bond acceptors (Lipinski definition) is 19. The lowest BCUT2D eigenvalue weighted by Crippen LogP contribution is -2.64. The van der Waals surface area contributed by atoms with Crippen LogP contribution in [0.5, 0.6) is 0 Å². The van der Waals surface area contributed by atoms with Gasteiger partial charge in [0.25, 0.3) is 0 Å². The molecule has 31 heteroatoms. The van der Waals surface area contributed by atoms with E-state index in [4.69, 9.17) is 17.2 Å². The lowest BCUT2D eigenvalue weighted by molar-refractivity contribution is -0.142. The van der Waals surface area contributed by atoms with Crippen LogP contribution in [0.4, 0.5) is 0 Å². The van der Waals surface area contributed by atoms with Gasteiger partial charge in [0.1, 0.15) is 60.4 Å². The van der Waals surface area contributed by atoms with Gasteiger partial charge in [-0.25, -0.2) is 0 Å². The van der Waals surface area contributed by atoms with Gasteiger partial charge >= 0.3 is 5.97 Å². The average molecular weight is 1110 g/mol. The Hall–Kier alpha value is -7.42. The molecular weight excluding hydrogens is 1030 g/mol. The van der Waals surface area contributed by atoms with E-state index in [0.717, 1.165) is 20.8 Å². The minimum absolute atomic E-state index is 0.0388. The number of carboxylic acid groups (broad SMARTS) is 1. The summed E-state index contributed by atoms with van der Waals surface area (Å²) < 4.78 is 0. The predicted octanol–water partition coefficient (Wildman–Crippen LogP) is -9.07. The van der Waals surface area contributed by atoms with Crippen LogP contribution in [-0.2, 0) is 64.0 Å². The van der Waals surface area contributed by atoms with Crippen LogP contribution in [0.2, 0.25) is 0 Å². The quantitative estimate of drug-likeness (QED) is 0.0281. The van der Waals surface area contributed by atoms with E-state index in [0.29, 0.717) is 18.4 Å². The molecule has 0 radical (unpaired) electrons. The molecule has 0 bridgehead atoms. The Bertz CT molecular complexity index is 2220. The van der Waals surface area contributed by atoms with Gasteiger partial charge in [-0.15, -0.1) is 0 Å². The van der Waals surface area contributed by atoms with Crippen LogP contribution in [0.15, 0.2) is 30.3 Å². The van der Waals surface area contributed by atoms with Gasteiger partial charge in [-0.2, -0.15) is 0 Å². The van der Waals surface area contributed by atoms with Crippen LogP contribution in [0.1, 0.15) is 72.8 Å². The van der Waals surface area contributed by atoms with Crippen LogP contribution in [0.3, 0.4) is 0 Å². The van der Waals surface area contributed by atoms with Gasteiger partial charge in [-0.3, -0.25) is 57.5 Å². The fraction of sp³-hybridized carbons (Fsp3) is 0.617. The van der Waals surface area contributed by atoms with E-state index < -0.39 is 182 Å². The van der Waals surface area contributed by atoms with Crippen molar-refractivity contribution in [3.63, 3.8) is 0 Å². The molecule has 31 nitrogen and oxygen atoms in total. The number of unbranched alkanes of at least 4 members (excludes halogenated alkanes) is 1. The van der Waals surface area contributed by atoms with Crippen molar-refractivity contribution in [3.05, 3.63) is 35.9 Å². The largest absolute Gasteiger partial charge is 0.480 e. The maximum absolute atomic E-state index is 13.9. The number of hydrogen-bond donors (Lipinski definition) is 19. The van der Waals surface area contributed by atoms with Crippen LogP contribution >= 0.6 is 0 Å². The first-order valence-electron chi connectivity index (χ1n) is 24.8. The Morgan fingerprint density at radius 2 is 0.859 bits per heavy atom. The molecule has 0 aliphatic rings. The molecule has 1 aromatic carbocycles. The second-order valence-electron chi connectivity index (χ2n) is 18.6. The topological polar surface area (TPSA) is 525 Å². The Morgan fingerprint density at radius 1 is 0.474 bits per heavy atom. The van der Waals surface area contributed by atoms with E-state index in [1.54, 1.807) is 30.3 Å². The Kier molecular flexibility index (Phi) is 30.2. The lowest BCUT2D eigenvalue weighted by Gasteiger charge is -2.30. The van der Waals surface area contributed by atoms with Crippen molar-refractivity contribution in [3.8, 4) is 0 Å². The third-order valence-corrected chi connectivity index (χ3v) is 11.5.